The van der Waals surface area contributed by atoms with Crippen LogP contribution in [0.5, 0.6) is 11.5 Å². The molecule has 0 aliphatic rings. The Bertz CT molecular complexity index is 733. The van der Waals surface area contributed by atoms with E-state index < -0.39 is 0 Å². The van der Waals surface area contributed by atoms with Crippen LogP contribution in [0.1, 0.15) is 23.6 Å². The monoisotopic (exact) mass is 324 g/mol. The van der Waals surface area contributed by atoms with Crippen molar-refractivity contribution in [2.24, 2.45) is 0 Å². The summed E-state index contributed by atoms with van der Waals surface area (Å²) in [7, 11) is 0. The van der Waals surface area contributed by atoms with E-state index in [2.05, 4.69) is 5.32 Å². The molecule has 5 heteroatoms. The van der Waals surface area contributed by atoms with Crippen molar-refractivity contribution in [3.63, 3.8) is 0 Å². The van der Waals surface area contributed by atoms with Crippen molar-refractivity contribution in [2.45, 2.75) is 20.4 Å². The molecule has 0 aliphatic carbocycles. The van der Waals surface area contributed by atoms with Gasteiger partial charge in [0.1, 0.15) is 0 Å². The number of hydrogen-bond acceptors (Lipinski definition) is 4. The molecule has 2 aromatic rings. The van der Waals surface area contributed by atoms with Gasteiger partial charge in [-0.25, -0.2) is 0 Å². The van der Waals surface area contributed by atoms with Gasteiger partial charge in [0.05, 0.1) is 18.2 Å². The van der Waals surface area contributed by atoms with Crippen LogP contribution in [0, 0.1) is 18.3 Å². The minimum atomic E-state index is -0.220. The van der Waals surface area contributed by atoms with Crippen LogP contribution in [-0.4, -0.2) is 19.1 Å². The summed E-state index contributed by atoms with van der Waals surface area (Å²) in [6, 6.07) is 14.9. The molecule has 0 saturated carbocycles. The van der Waals surface area contributed by atoms with Gasteiger partial charge >= 0.3 is 0 Å². The van der Waals surface area contributed by atoms with Gasteiger partial charge in [-0.15, -0.1) is 0 Å². The second kappa shape index (κ2) is 8.59. The molecule has 0 bridgehead atoms. The number of aryl methyl sites for hydroxylation is 1. The smallest absolute Gasteiger partial charge is 0.258 e. The van der Waals surface area contributed by atoms with E-state index in [0.717, 1.165) is 5.56 Å². The standard InChI is InChI=1S/C19H20N2O3/c1-3-23-18-10-16(11-20)8-9-17(18)24-13-19(22)21-12-15-6-4-14(2)5-7-15/h4-10H,3,12-13H2,1-2H3,(H,21,22). The Morgan fingerprint density at radius 3 is 2.54 bits per heavy atom. The fourth-order valence-electron chi connectivity index (χ4n) is 2.07. The molecule has 24 heavy (non-hydrogen) atoms. The lowest BCUT2D eigenvalue weighted by molar-refractivity contribution is -0.123. The van der Waals surface area contributed by atoms with E-state index in [9.17, 15) is 4.79 Å². The maximum absolute atomic E-state index is 11.9. The second-order valence-electron chi connectivity index (χ2n) is 5.26. The summed E-state index contributed by atoms with van der Waals surface area (Å²) in [5, 5.41) is 11.7. The van der Waals surface area contributed by atoms with Crippen LogP contribution in [-0.2, 0) is 11.3 Å². The van der Waals surface area contributed by atoms with Gasteiger partial charge in [0.2, 0.25) is 0 Å². The number of carbonyl (C=O) groups is 1. The lowest BCUT2D eigenvalue weighted by Crippen LogP contribution is -2.28. The van der Waals surface area contributed by atoms with Crippen molar-refractivity contribution in [1.82, 2.24) is 5.32 Å². The third-order valence-corrected chi connectivity index (χ3v) is 3.34. The number of carbonyl (C=O) groups excluding carboxylic acids is 1. The van der Waals surface area contributed by atoms with E-state index in [-0.39, 0.29) is 12.5 Å². The number of nitriles is 1. The molecule has 0 radical (unpaired) electrons. The predicted molar refractivity (Wildman–Crippen MR) is 90.8 cm³/mol. The minimum Gasteiger partial charge on any atom is -0.490 e. The number of nitrogens with zero attached hydrogens (tertiary/aromatic N) is 1. The van der Waals surface area contributed by atoms with E-state index in [1.54, 1.807) is 18.2 Å². The van der Waals surface area contributed by atoms with Gasteiger partial charge in [-0.3, -0.25) is 4.79 Å². The van der Waals surface area contributed by atoms with Gasteiger partial charge in [-0.05, 0) is 31.5 Å². The van der Waals surface area contributed by atoms with Crippen LogP contribution < -0.4 is 14.8 Å². The molecule has 2 aromatic carbocycles. The summed E-state index contributed by atoms with van der Waals surface area (Å²) in [5.74, 6) is 0.687. The number of ether oxygens (including phenoxy) is 2. The fraction of sp³-hybridized carbons (Fsp3) is 0.263. The zero-order chi connectivity index (χ0) is 17.4. The third kappa shape index (κ3) is 5.03. The van der Waals surface area contributed by atoms with Gasteiger partial charge in [0.25, 0.3) is 5.91 Å². The Labute approximate surface area is 141 Å². The highest BCUT2D eigenvalue weighted by atomic mass is 16.5. The van der Waals surface area contributed by atoms with Crippen molar-refractivity contribution in [3.8, 4) is 17.6 Å². The van der Waals surface area contributed by atoms with Crippen LogP contribution in [0.15, 0.2) is 42.5 Å². The van der Waals surface area contributed by atoms with Gasteiger partial charge in [-0.1, -0.05) is 29.8 Å². The molecule has 0 heterocycles. The molecule has 5 nitrogen and oxygen atoms in total. The Morgan fingerprint density at radius 2 is 1.88 bits per heavy atom. The third-order valence-electron chi connectivity index (χ3n) is 3.34. The van der Waals surface area contributed by atoms with Gasteiger partial charge < -0.3 is 14.8 Å². The minimum absolute atomic E-state index is 0.113. The zero-order valence-corrected chi connectivity index (χ0v) is 13.8. The Morgan fingerprint density at radius 1 is 1.12 bits per heavy atom. The van der Waals surface area contributed by atoms with E-state index in [1.807, 2.05) is 44.2 Å². The first-order valence-corrected chi connectivity index (χ1v) is 7.74. The Kier molecular flexibility index (Phi) is 6.21. The summed E-state index contributed by atoms with van der Waals surface area (Å²) >= 11 is 0. The molecule has 0 aromatic heterocycles. The van der Waals surface area contributed by atoms with Gasteiger partial charge in [-0.2, -0.15) is 5.26 Å². The molecule has 1 amide bonds. The van der Waals surface area contributed by atoms with Crippen LogP contribution in [0.2, 0.25) is 0 Å². The Hall–Kier alpha value is -3.00. The van der Waals surface area contributed by atoms with Crippen LogP contribution in [0.25, 0.3) is 0 Å². The largest absolute Gasteiger partial charge is 0.490 e. The number of hydrogen-bond donors (Lipinski definition) is 1. The number of rotatable bonds is 7. The molecule has 0 unspecified atom stereocenters. The fourth-order valence-corrected chi connectivity index (χ4v) is 2.07. The van der Waals surface area contributed by atoms with E-state index in [4.69, 9.17) is 14.7 Å². The summed E-state index contributed by atoms with van der Waals surface area (Å²) in [6.45, 7) is 4.65. The molecular formula is C19H20N2O3. The molecule has 0 spiro atoms. The summed E-state index contributed by atoms with van der Waals surface area (Å²) in [6.07, 6.45) is 0. The zero-order valence-electron chi connectivity index (χ0n) is 13.8. The second-order valence-corrected chi connectivity index (χ2v) is 5.26. The molecular weight excluding hydrogens is 304 g/mol. The quantitative estimate of drug-likeness (QED) is 0.850. The average molecular weight is 324 g/mol. The highest BCUT2D eigenvalue weighted by molar-refractivity contribution is 5.77. The van der Waals surface area contributed by atoms with E-state index in [1.165, 1.54) is 5.56 Å². The van der Waals surface area contributed by atoms with Gasteiger partial charge in [0.15, 0.2) is 18.1 Å². The molecule has 0 aliphatic heterocycles. The van der Waals surface area contributed by atoms with Crippen molar-refractivity contribution >= 4 is 5.91 Å². The topological polar surface area (TPSA) is 71.3 Å². The Balaban J connectivity index is 1.89. The van der Waals surface area contributed by atoms with Crippen LogP contribution >= 0.6 is 0 Å². The first-order chi connectivity index (χ1) is 11.6. The van der Waals surface area contributed by atoms with Crippen LogP contribution in [0.3, 0.4) is 0 Å². The molecule has 0 atom stereocenters. The normalized spacial score (nSPS) is 9.88. The number of amides is 1. The summed E-state index contributed by atoms with van der Waals surface area (Å²) in [4.78, 5) is 11.9. The summed E-state index contributed by atoms with van der Waals surface area (Å²) < 4.78 is 11.0. The number of benzene rings is 2. The van der Waals surface area contributed by atoms with Crippen molar-refractivity contribution in [2.75, 3.05) is 13.2 Å². The van der Waals surface area contributed by atoms with Crippen molar-refractivity contribution in [1.29, 1.82) is 5.26 Å². The number of nitrogens with one attached hydrogen (secondary N) is 1. The van der Waals surface area contributed by atoms with E-state index >= 15 is 0 Å². The lowest BCUT2D eigenvalue weighted by atomic mass is 10.1. The maximum atomic E-state index is 11.9. The van der Waals surface area contributed by atoms with Crippen molar-refractivity contribution in [3.05, 3.63) is 59.2 Å². The first-order valence-electron chi connectivity index (χ1n) is 7.74. The maximum Gasteiger partial charge on any atom is 0.258 e. The van der Waals surface area contributed by atoms with Crippen molar-refractivity contribution < 1.29 is 14.3 Å². The van der Waals surface area contributed by atoms with E-state index in [0.29, 0.717) is 30.2 Å². The molecule has 124 valence electrons. The summed E-state index contributed by atoms with van der Waals surface area (Å²) in [5.41, 5.74) is 2.69. The lowest BCUT2D eigenvalue weighted by Gasteiger charge is -2.12. The predicted octanol–water partition coefficient (Wildman–Crippen LogP) is 2.96. The van der Waals surface area contributed by atoms with Crippen LogP contribution in [0.4, 0.5) is 0 Å². The van der Waals surface area contributed by atoms with Gasteiger partial charge in [0, 0.05) is 12.6 Å². The average Bonchev–Trinajstić information content (AvgIpc) is 2.60. The highest BCUT2D eigenvalue weighted by Crippen LogP contribution is 2.28. The molecule has 0 fully saturated rings. The highest BCUT2D eigenvalue weighted by Gasteiger charge is 2.09. The first kappa shape index (κ1) is 17.4. The molecule has 1 N–H and O–H groups in total. The molecule has 0 saturated heterocycles. The molecule has 2 rings (SSSR count). The SMILES string of the molecule is CCOc1cc(C#N)ccc1OCC(=O)NCc1ccc(C)cc1.